The van der Waals surface area contributed by atoms with Gasteiger partial charge in [-0.2, -0.15) is 13.2 Å². The standard InChI is InChI=1S/C20H11F4N3S/c21-13-3-1-4-15-12(13)10-25-18(16-5-2-8-27(15)16)11-6-7-17-14(9-11)26-19(28-17)20(22,23)24/h1-9H,10H2. The number of halogens is 4. The van der Waals surface area contributed by atoms with Crippen LogP contribution in [0, 0.1) is 5.82 Å². The van der Waals surface area contributed by atoms with Gasteiger partial charge in [0.25, 0.3) is 0 Å². The van der Waals surface area contributed by atoms with Crippen LogP contribution in [0.3, 0.4) is 0 Å². The third-order valence-corrected chi connectivity index (χ3v) is 5.73. The summed E-state index contributed by atoms with van der Waals surface area (Å²) in [5, 5.41) is -0.875. The van der Waals surface area contributed by atoms with Crippen molar-refractivity contribution in [1.29, 1.82) is 0 Å². The minimum absolute atomic E-state index is 0.141. The van der Waals surface area contributed by atoms with Crippen LogP contribution in [-0.2, 0) is 12.7 Å². The van der Waals surface area contributed by atoms with Crippen molar-refractivity contribution in [3.05, 3.63) is 82.4 Å². The van der Waals surface area contributed by atoms with Crippen molar-refractivity contribution in [2.24, 2.45) is 4.99 Å². The van der Waals surface area contributed by atoms with Gasteiger partial charge in [-0.15, -0.1) is 11.3 Å². The first-order chi connectivity index (χ1) is 13.4. The van der Waals surface area contributed by atoms with E-state index in [1.165, 1.54) is 6.07 Å². The van der Waals surface area contributed by atoms with E-state index in [-0.39, 0.29) is 17.9 Å². The number of hydrogen-bond acceptors (Lipinski definition) is 3. The highest BCUT2D eigenvalue weighted by molar-refractivity contribution is 7.18. The fourth-order valence-corrected chi connectivity index (χ4v) is 4.20. The van der Waals surface area contributed by atoms with Crippen molar-refractivity contribution in [2.75, 3.05) is 0 Å². The van der Waals surface area contributed by atoms with Crippen LogP contribution < -0.4 is 0 Å². The van der Waals surface area contributed by atoms with Crippen molar-refractivity contribution < 1.29 is 17.6 Å². The van der Waals surface area contributed by atoms with E-state index in [2.05, 4.69) is 9.98 Å². The summed E-state index contributed by atoms with van der Waals surface area (Å²) in [5.74, 6) is -0.341. The topological polar surface area (TPSA) is 30.2 Å². The summed E-state index contributed by atoms with van der Waals surface area (Å²) in [6.45, 7) is 0.141. The van der Waals surface area contributed by atoms with E-state index in [9.17, 15) is 17.6 Å². The van der Waals surface area contributed by atoms with E-state index < -0.39 is 11.2 Å². The number of nitrogens with zero attached hydrogens (tertiary/aromatic N) is 3. The molecule has 3 nitrogen and oxygen atoms in total. The highest BCUT2D eigenvalue weighted by Gasteiger charge is 2.35. The van der Waals surface area contributed by atoms with Gasteiger partial charge in [-0.3, -0.25) is 4.99 Å². The number of benzene rings is 2. The van der Waals surface area contributed by atoms with Gasteiger partial charge in [-0.25, -0.2) is 9.37 Å². The van der Waals surface area contributed by atoms with Crippen molar-refractivity contribution in [3.63, 3.8) is 0 Å². The molecule has 28 heavy (non-hydrogen) atoms. The number of aliphatic imine (C=N–C) groups is 1. The molecule has 5 rings (SSSR count). The second-order valence-electron chi connectivity index (χ2n) is 6.37. The van der Waals surface area contributed by atoms with E-state index in [1.807, 2.05) is 29.0 Å². The molecule has 0 N–H and O–H groups in total. The summed E-state index contributed by atoms with van der Waals surface area (Å²) in [7, 11) is 0. The van der Waals surface area contributed by atoms with Crippen molar-refractivity contribution in [1.82, 2.24) is 9.55 Å². The van der Waals surface area contributed by atoms with Crippen molar-refractivity contribution >= 4 is 27.3 Å². The highest BCUT2D eigenvalue weighted by atomic mass is 32.1. The van der Waals surface area contributed by atoms with Crippen LogP contribution in [0.15, 0.2) is 59.7 Å². The summed E-state index contributed by atoms with van der Waals surface area (Å²) in [4.78, 5) is 8.31. The quantitative estimate of drug-likeness (QED) is 0.382. The molecular formula is C20H11F4N3S. The Bertz CT molecular complexity index is 1250. The highest BCUT2D eigenvalue weighted by Crippen LogP contribution is 2.36. The molecule has 2 aromatic carbocycles. The number of hydrogen-bond donors (Lipinski definition) is 0. The smallest absolute Gasteiger partial charge is 0.315 e. The molecule has 0 aliphatic carbocycles. The second-order valence-corrected chi connectivity index (χ2v) is 7.40. The molecule has 1 aliphatic heterocycles. The third-order valence-electron chi connectivity index (χ3n) is 4.64. The molecule has 4 aromatic rings. The first-order valence-corrected chi connectivity index (χ1v) is 9.21. The molecule has 2 aromatic heterocycles. The van der Waals surface area contributed by atoms with Crippen LogP contribution in [0.1, 0.15) is 21.8 Å². The molecule has 0 amide bonds. The lowest BCUT2D eigenvalue weighted by atomic mass is 10.1. The summed E-state index contributed by atoms with van der Waals surface area (Å²) >= 11 is 0.612. The molecule has 1 aliphatic rings. The van der Waals surface area contributed by atoms with E-state index in [0.717, 1.165) is 5.69 Å². The van der Waals surface area contributed by atoms with Crippen LogP contribution in [0.25, 0.3) is 15.9 Å². The number of thiazole rings is 1. The normalized spacial score (nSPS) is 13.8. The number of aromatic nitrogens is 2. The maximum atomic E-state index is 14.3. The van der Waals surface area contributed by atoms with Crippen molar-refractivity contribution in [3.8, 4) is 5.69 Å². The Hall–Kier alpha value is -3.00. The summed E-state index contributed by atoms with van der Waals surface area (Å²) in [6.07, 6.45) is -2.66. The molecule has 140 valence electrons. The fourth-order valence-electron chi connectivity index (χ4n) is 3.39. The fraction of sp³-hybridized carbons (Fsp3) is 0.100. The first-order valence-electron chi connectivity index (χ1n) is 8.40. The Morgan fingerprint density at radius 3 is 2.71 bits per heavy atom. The average Bonchev–Trinajstić information content (AvgIpc) is 3.26. The van der Waals surface area contributed by atoms with Gasteiger partial charge in [-0.1, -0.05) is 12.1 Å². The van der Waals surface area contributed by atoms with Crippen LogP contribution in [0.2, 0.25) is 0 Å². The molecule has 0 spiro atoms. The van der Waals surface area contributed by atoms with Gasteiger partial charge in [0.05, 0.1) is 33.9 Å². The minimum Gasteiger partial charge on any atom is -0.315 e. The molecule has 0 bridgehead atoms. The first kappa shape index (κ1) is 17.1. The molecule has 0 unspecified atom stereocenters. The van der Waals surface area contributed by atoms with E-state index in [0.29, 0.717) is 38.6 Å². The summed E-state index contributed by atoms with van der Waals surface area (Å²) in [5.41, 5.74) is 3.42. The van der Waals surface area contributed by atoms with Crippen LogP contribution in [0.4, 0.5) is 17.6 Å². The van der Waals surface area contributed by atoms with E-state index in [4.69, 9.17) is 0 Å². The number of alkyl halides is 3. The molecule has 0 saturated heterocycles. The van der Waals surface area contributed by atoms with Gasteiger partial charge in [-0.05, 0) is 36.4 Å². The molecule has 0 atom stereocenters. The minimum atomic E-state index is -4.47. The third kappa shape index (κ3) is 2.63. The zero-order chi connectivity index (χ0) is 19.5. The Balaban J connectivity index is 1.67. The lowest BCUT2D eigenvalue weighted by Gasteiger charge is -2.11. The van der Waals surface area contributed by atoms with Gasteiger partial charge in [0.15, 0.2) is 5.01 Å². The molecular weight excluding hydrogens is 390 g/mol. The summed E-state index contributed by atoms with van der Waals surface area (Å²) in [6, 6.07) is 13.5. The Labute approximate surface area is 160 Å². The Morgan fingerprint density at radius 1 is 1.04 bits per heavy atom. The maximum Gasteiger partial charge on any atom is 0.443 e. The van der Waals surface area contributed by atoms with E-state index >= 15 is 0 Å². The van der Waals surface area contributed by atoms with Gasteiger partial charge >= 0.3 is 6.18 Å². The monoisotopic (exact) mass is 401 g/mol. The lowest BCUT2D eigenvalue weighted by Crippen LogP contribution is -2.08. The molecule has 0 saturated carbocycles. The van der Waals surface area contributed by atoms with E-state index in [1.54, 1.807) is 24.3 Å². The number of fused-ring (bicyclic) bond motifs is 4. The second kappa shape index (κ2) is 6.00. The van der Waals surface area contributed by atoms with Crippen LogP contribution >= 0.6 is 11.3 Å². The average molecular weight is 401 g/mol. The molecule has 0 radical (unpaired) electrons. The van der Waals surface area contributed by atoms with Crippen molar-refractivity contribution in [2.45, 2.75) is 12.7 Å². The predicted octanol–water partition coefficient (Wildman–Crippen LogP) is 5.60. The van der Waals surface area contributed by atoms with Gasteiger partial charge in [0.1, 0.15) is 5.82 Å². The summed E-state index contributed by atoms with van der Waals surface area (Å²) < 4.78 is 55.5. The molecule has 0 fully saturated rings. The zero-order valence-electron chi connectivity index (χ0n) is 14.2. The van der Waals surface area contributed by atoms with Crippen LogP contribution in [-0.4, -0.2) is 15.3 Å². The largest absolute Gasteiger partial charge is 0.443 e. The predicted molar refractivity (Wildman–Crippen MR) is 99.7 cm³/mol. The lowest BCUT2D eigenvalue weighted by molar-refractivity contribution is -0.137. The van der Waals surface area contributed by atoms with Gasteiger partial charge < -0.3 is 4.57 Å². The zero-order valence-corrected chi connectivity index (χ0v) is 15.0. The molecule has 8 heteroatoms. The van der Waals surface area contributed by atoms with Crippen LogP contribution in [0.5, 0.6) is 0 Å². The van der Waals surface area contributed by atoms with Gasteiger partial charge in [0, 0.05) is 17.3 Å². The molecule has 3 heterocycles. The Kier molecular flexibility index (Phi) is 3.67. The SMILES string of the molecule is Fc1cccc2c1CN=C(c1ccc3sc(C(F)(F)F)nc3c1)c1cccn1-2. The number of rotatable bonds is 1. The Morgan fingerprint density at radius 2 is 1.89 bits per heavy atom. The van der Waals surface area contributed by atoms with Gasteiger partial charge in [0.2, 0.25) is 0 Å². The maximum absolute atomic E-state index is 14.3.